The van der Waals surface area contributed by atoms with E-state index < -0.39 is 0 Å². The lowest BCUT2D eigenvalue weighted by atomic mass is 9.92. The number of hydrazone groups is 1. The molecule has 0 bridgehead atoms. The standard InChI is InChI=1S/C17H17ClN4OS/c1-21-7-6-13-14(9-21)24-16-15(13)17(23)22(10-19-16)20-8-11-2-4-12(18)5-3-11/h2-5,8,10,15-16H,6-7,9H2,1H3/b20-8+. The molecule has 1 amide bonds. The van der Waals surface area contributed by atoms with Crippen molar-refractivity contribution in [1.29, 1.82) is 0 Å². The second-order valence-electron chi connectivity index (χ2n) is 6.17. The van der Waals surface area contributed by atoms with Gasteiger partial charge >= 0.3 is 0 Å². The molecule has 1 aromatic rings. The number of halogens is 1. The van der Waals surface area contributed by atoms with Gasteiger partial charge in [-0.15, -0.1) is 11.8 Å². The number of benzene rings is 1. The van der Waals surface area contributed by atoms with Gasteiger partial charge in [-0.1, -0.05) is 23.7 Å². The van der Waals surface area contributed by atoms with Gasteiger partial charge in [-0.2, -0.15) is 10.1 Å². The van der Waals surface area contributed by atoms with Crippen LogP contribution in [0.2, 0.25) is 5.02 Å². The topological polar surface area (TPSA) is 48.3 Å². The molecule has 3 aliphatic rings. The fraction of sp³-hybridized carbons (Fsp3) is 0.353. The van der Waals surface area contributed by atoms with Crippen molar-refractivity contribution in [1.82, 2.24) is 9.91 Å². The number of rotatable bonds is 2. The van der Waals surface area contributed by atoms with Gasteiger partial charge in [0.15, 0.2) is 0 Å². The van der Waals surface area contributed by atoms with Gasteiger partial charge in [-0.05, 0) is 36.7 Å². The molecule has 24 heavy (non-hydrogen) atoms. The van der Waals surface area contributed by atoms with E-state index in [1.165, 1.54) is 15.5 Å². The van der Waals surface area contributed by atoms with Crippen LogP contribution in [0.25, 0.3) is 0 Å². The molecule has 2 unspecified atom stereocenters. The summed E-state index contributed by atoms with van der Waals surface area (Å²) >= 11 is 7.61. The Morgan fingerprint density at radius 2 is 2.17 bits per heavy atom. The van der Waals surface area contributed by atoms with Crippen LogP contribution >= 0.6 is 23.4 Å². The number of hydrogen-bond acceptors (Lipinski definition) is 5. The maximum absolute atomic E-state index is 12.9. The van der Waals surface area contributed by atoms with Gasteiger partial charge in [-0.3, -0.25) is 9.79 Å². The Hall–Kier alpha value is -1.63. The van der Waals surface area contributed by atoms with Gasteiger partial charge in [0.25, 0.3) is 5.91 Å². The molecule has 0 N–H and O–H groups in total. The molecule has 3 aliphatic heterocycles. The molecule has 2 atom stereocenters. The third-order valence-corrected chi connectivity index (χ3v) is 6.04. The largest absolute Gasteiger partial charge is 0.301 e. The van der Waals surface area contributed by atoms with Crippen molar-refractivity contribution in [3.8, 4) is 0 Å². The zero-order valence-corrected chi connectivity index (χ0v) is 14.8. The zero-order chi connectivity index (χ0) is 16.7. The van der Waals surface area contributed by atoms with Crippen LogP contribution in [0.4, 0.5) is 0 Å². The molecular weight excluding hydrogens is 344 g/mol. The number of aliphatic imine (C=N–C) groups is 1. The SMILES string of the molecule is CN1CCC2=C(C1)SC1N=CN(/N=C/c3ccc(Cl)cc3)C(=O)C21. The molecule has 4 rings (SSSR count). The Bertz CT molecular complexity index is 758. The summed E-state index contributed by atoms with van der Waals surface area (Å²) in [6.45, 7) is 1.91. The van der Waals surface area contributed by atoms with Crippen LogP contribution in [-0.4, -0.2) is 53.9 Å². The number of amides is 1. The first kappa shape index (κ1) is 15.9. The minimum Gasteiger partial charge on any atom is -0.301 e. The first-order chi connectivity index (χ1) is 11.6. The summed E-state index contributed by atoms with van der Waals surface area (Å²) in [5, 5.41) is 6.33. The second-order valence-corrected chi connectivity index (χ2v) is 7.81. The maximum atomic E-state index is 12.9. The Balaban J connectivity index is 1.54. The molecule has 7 heteroatoms. The number of hydrogen-bond donors (Lipinski definition) is 0. The highest BCUT2D eigenvalue weighted by atomic mass is 35.5. The number of carbonyl (C=O) groups is 1. The lowest BCUT2D eigenvalue weighted by molar-refractivity contribution is -0.130. The number of fused-ring (bicyclic) bond motifs is 2. The van der Waals surface area contributed by atoms with Gasteiger partial charge in [0.1, 0.15) is 11.7 Å². The zero-order valence-electron chi connectivity index (χ0n) is 13.2. The van der Waals surface area contributed by atoms with Crippen molar-refractivity contribution in [2.75, 3.05) is 20.1 Å². The van der Waals surface area contributed by atoms with Gasteiger partial charge in [0, 0.05) is 23.0 Å². The van der Waals surface area contributed by atoms with E-state index in [0.29, 0.717) is 5.02 Å². The summed E-state index contributed by atoms with van der Waals surface area (Å²) in [5.74, 6) is -0.145. The lowest BCUT2D eigenvalue weighted by Crippen LogP contribution is -2.40. The van der Waals surface area contributed by atoms with Crippen LogP contribution in [0.15, 0.2) is 44.8 Å². The average molecular weight is 361 g/mol. The first-order valence-electron chi connectivity index (χ1n) is 7.85. The molecule has 0 aromatic heterocycles. The van der Waals surface area contributed by atoms with Gasteiger partial charge < -0.3 is 4.90 Å². The van der Waals surface area contributed by atoms with Crippen LogP contribution in [-0.2, 0) is 4.79 Å². The predicted molar refractivity (Wildman–Crippen MR) is 98.4 cm³/mol. The third-order valence-electron chi connectivity index (χ3n) is 4.47. The van der Waals surface area contributed by atoms with E-state index in [1.807, 2.05) is 12.1 Å². The molecule has 0 radical (unpaired) electrons. The number of nitrogens with zero attached hydrogens (tertiary/aromatic N) is 4. The summed E-state index contributed by atoms with van der Waals surface area (Å²) < 4.78 is 0. The molecular formula is C17H17ClN4OS. The lowest BCUT2D eigenvalue weighted by Gasteiger charge is -2.28. The van der Waals surface area contributed by atoms with E-state index in [0.717, 1.165) is 25.1 Å². The van der Waals surface area contributed by atoms with Crippen molar-refractivity contribution in [3.05, 3.63) is 45.3 Å². The van der Waals surface area contributed by atoms with E-state index in [-0.39, 0.29) is 17.2 Å². The number of carbonyl (C=O) groups excluding carboxylic acids is 1. The summed E-state index contributed by atoms with van der Waals surface area (Å²) in [5.41, 5.74) is 2.15. The summed E-state index contributed by atoms with van der Waals surface area (Å²) in [6.07, 6.45) is 4.15. The van der Waals surface area contributed by atoms with Gasteiger partial charge in [-0.25, -0.2) is 0 Å². The van der Waals surface area contributed by atoms with Crippen molar-refractivity contribution in [2.24, 2.45) is 16.0 Å². The van der Waals surface area contributed by atoms with Crippen LogP contribution in [0, 0.1) is 5.92 Å². The minimum absolute atomic E-state index is 0.0160. The van der Waals surface area contributed by atoms with Crippen molar-refractivity contribution >= 4 is 41.8 Å². The molecule has 0 fully saturated rings. The van der Waals surface area contributed by atoms with E-state index >= 15 is 0 Å². The highest BCUT2D eigenvalue weighted by Gasteiger charge is 2.45. The van der Waals surface area contributed by atoms with E-state index in [2.05, 4.69) is 22.0 Å². The first-order valence-corrected chi connectivity index (χ1v) is 9.10. The fourth-order valence-corrected chi connectivity index (χ4v) is 4.81. The summed E-state index contributed by atoms with van der Waals surface area (Å²) in [6, 6.07) is 7.33. The highest BCUT2D eigenvalue weighted by Crippen LogP contribution is 2.47. The van der Waals surface area contributed by atoms with Crippen LogP contribution in [0.5, 0.6) is 0 Å². The molecule has 0 spiro atoms. The molecule has 3 heterocycles. The van der Waals surface area contributed by atoms with Gasteiger partial charge in [0.2, 0.25) is 0 Å². The fourth-order valence-electron chi connectivity index (χ4n) is 3.18. The average Bonchev–Trinajstić information content (AvgIpc) is 2.94. The second kappa shape index (κ2) is 6.35. The van der Waals surface area contributed by atoms with Crippen LogP contribution in [0.1, 0.15) is 12.0 Å². The maximum Gasteiger partial charge on any atom is 0.258 e. The molecule has 1 aromatic carbocycles. The highest BCUT2D eigenvalue weighted by molar-refractivity contribution is 8.04. The summed E-state index contributed by atoms with van der Waals surface area (Å²) in [4.78, 5) is 21.0. The van der Waals surface area contributed by atoms with Crippen LogP contribution < -0.4 is 0 Å². The van der Waals surface area contributed by atoms with Gasteiger partial charge in [0.05, 0.1) is 12.1 Å². The van der Waals surface area contributed by atoms with E-state index in [4.69, 9.17) is 11.6 Å². The van der Waals surface area contributed by atoms with Crippen LogP contribution in [0.3, 0.4) is 0 Å². The predicted octanol–water partition coefficient (Wildman–Crippen LogP) is 2.82. The monoisotopic (exact) mass is 360 g/mol. The Kier molecular flexibility index (Phi) is 4.20. The van der Waals surface area contributed by atoms with E-state index in [1.54, 1.807) is 36.4 Å². The molecule has 0 aliphatic carbocycles. The minimum atomic E-state index is -0.161. The van der Waals surface area contributed by atoms with E-state index in [9.17, 15) is 4.79 Å². The molecule has 5 nitrogen and oxygen atoms in total. The summed E-state index contributed by atoms with van der Waals surface area (Å²) in [7, 11) is 2.11. The smallest absolute Gasteiger partial charge is 0.258 e. The van der Waals surface area contributed by atoms with Crippen molar-refractivity contribution < 1.29 is 4.79 Å². The quantitative estimate of drug-likeness (QED) is 0.762. The number of thioether (sulfide) groups is 1. The Morgan fingerprint density at radius 1 is 1.38 bits per heavy atom. The Morgan fingerprint density at radius 3 is 2.96 bits per heavy atom. The normalized spacial score (nSPS) is 27.1. The molecule has 0 saturated heterocycles. The number of likely N-dealkylation sites (N-methyl/N-ethyl adjacent to an activating group) is 1. The van der Waals surface area contributed by atoms with Crippen molar-refractivity contribution in [3.63, 3.8) is 0 Å². The third kappa shape index (κ3) is 2.90. The van der Waals surface area contributed by atoms with Crippen molar-refractivity contribution in [2.45, 2.75) is 11.8 Å². The Labute approximate surface area is 150 Å². The molecule has 124 valence electrons. The molecule has 0 saturated carbocycles.